The predicted octanol–water partition coefficient (Wildman–Crippen LogP) is 3.08. The number of fused-ring (bicyclic) bond motifs is 1. The molecule has 1 aliphatic rings. The number of hydrogen-bond acceptors (Lipinski definition) is 4. The molecule has 0 bridgehead atoms. The van der Waals surface area contributed by atoms with Crippen LogP contribution >= 0.6 is 0 Å². The van der Waals surface area contributed by atoms with Crippen molar-refractivity contribution in [2.75, 3.05) is 10.2 Å². The summed E-state index contributed by atoms with van der Waals surface area (Å²) in [5, 5.41) is 3.11. The molecule has 0 spiro atoms. The van der Waals surface area contributed by atoms with Gasteiger partial charge in [-0.1, -0.05) is 6.07 Å². The van der Waals surface area contributed by atoms with E-state index in [1.807, 2.05) is 18.7 Å². The van der Waals surface area contributed by atoms with Crippen LogP contribution in [0.2, 0.25) is 0 Å². The molecule has 3 rings (SSSR count). The summed E-state index contributed by atoms with van der Waals surface area (Å²) in [6.45, 7) is 3.97. The third-order valence-corrected chi connectivity index (χ3v) is 3.89. The Bertz CT molecular complexity index is 776. The Hall–Kier alpha value is -2.47. The van der Waals surface area contributed by atoms with Gasteiger partial charge in [-0.05, 0) is 44.2 Å². The zero-order chi connectivity index (χ0) is 16.7. The highest BCUT2D eigenvalue weighted by molar-refractivity contribution is 6.10. The Morgan fingerprint density at radius 3 is 2.70 bits per heavy atom. The van der Waals surface area contributed by atoms with E-state index >= 15 is 0 Å². The summed E-state index contributed by atoms with van der Waals surface area (Å²) >= 11 is 0. The first-order chi connectivity index (χ1) is 10.9. The van der Waals surface area contributed by atoms with Gasteiger partial charge in [-0.2, -0.15) is 0 Å². The fourth-order valence-corrected chi connectivity index (χ4v) is 2.82. The van der Waals surface area contributed by atoms with E-state index in [1.54, 1.807) is 18.2 Å². The lowest BCUT2D eigenvalue weighted by Crippen LogP contribution is -2.46. The number of nitrogens with one attached hydrogen (secondary N) is 1. The third-order valence-electron chi connectivity index (χ3n) is 3.89. The Morgan fingerprint density at radius 2 is 2.00 bits per heavy atom. The van der Waals surface area contributed by atoms with Gasteiger partial charge in [0.25, 0.3) is 0 Å². The maximum Gasteiger partial charge on any atom is 0.196 e. The zero-order valence-electron chi connectivity index (χ0n) is 12.8. The van der Waals surface area contributed by atoms with Crippen molar-refractivity contribution in [3.63, 3.8) is 0 Å². The molecule has 2 aromatic rings. The van der Waals surface area contributed by atoms with Crippen LogP contribution in [-0.2, 0) is 0 Å². The summed E-state index contributed by atoms with van der Waals surface area (Å²) in [5.41, 5.74) is 7.62. The highest BCUT2D eigenvalue weighted by atomic mass is 19.2. The second kappa shape index (κ2) is 5.62. The molecule has 0 aromatic heterocycles. The summed E-state index contributed by atoms with van der Waals surface area (Å²) < 4.78 is 27.2. The molecule has 0 saturated carbocycles. The smallest absolute Gasteiger partial charge is 0.196 e. The number of carbonyl (C=O) groups excluding carboxylic acids is 1. The molecular weight excluding hydrogens is 300 g/mol. The summed E-state index contributed by atoms with van der Waals surface area (Å²) in [7, 11) is 0. The zero-order valence-corrected chi connectivity index (χ0v) is 12.8. The highest BCUT2D eigenvalue weighted by Gasteiger charge is 2.29. The molecule has 0 saturated heterocycles. The molecule has 1 aliphatic heterocycles. The van der Waals surface area contributed by atoms with Gasteiger partial charge < -0.3 is 10.2 Å². The first-order valence-electron chi connectivity index (χ1n) is 7.33. The van der Waals surface area contributed by atoms with Crippen LogP contribution in [0.15, 0.2) is 36.4 Å². The fourth-order valence-electron chi connectivity index (χ4n) is 2.82. The van der Waals surface area contributed by atoms with Crippen LogP contribution in [0.1, 0.15) is 29.8 Å². The van der Waals surface area contributed by atoms with E-state index in [4.69, 9.17) is 5.73 Å². The van der Waals surface area contributed by atoms with Gasteiger partial charge in [0.2, 0.25) is 0 Å². The summed E-state index contributed by atoms with van der Waals surface area (Å²) in [6, 6.07) is 8.65. The van der Waals surface area contributed by atoms with E-state index in [1.165, 1.54) is 12.1 Å². The largest absolute Gasteiger partial charge is 0.351 e. The minimum Gasteiger partial charge on any atom is -0.351 e. The van der Waals surface area contributed by atoms with Crippen molar-refractivity contribution in [3.05, 3.63) is 59.2 Å². The number of ketones is 1. The lowest BCUT2D eigenvalue weighted by molar-refractivity contribution is 0.103. The number of nitrogens with zero attached hydrogens (tertiary/aromatic N) is 1. The maximum atomic E-state index is 13.8. The van der Waals surface area contributed by atoms with Crippen LogP contribution in [0, 0.1) is 11.6 Å². The second-order valence-corrected chi connectivity index (χ2v) is 5.75. The average Bonchev–Trinajstić information content (AvgIpc) is 2.84. The Balaban J connectivity index is 2.03. The molecule has 120 valence electrons. The van der Waals surface area contributed by atoms with Crippen LogP contribution in [-0.4, -0.2) is 18.1 Å². The SMILES string of the molecule is CC(C)N1c2cc(C(=O)c3cccc(F)c3F)ccc2NC1N. The normalized spacial score (nSPS) is 16.4. The van der Waals surface area contributed by atoms with Crippen molar-refractivity contribution in [2.24, 2.45) is 5.73 Å². The van der Waals surface area contributed by atoms with Gasteiger partial charge in [-0.3, -0.25) is 10.5 Å². The molecule has 1 heterocycles. The standard InChI is InChI=1S/C17H17F2N3O/c1-9(2)22-14-8-10(6-7-13(14)21-17(22)20)16(23)11-4-3-5-12(18)15(11)19/h3-9,17,21H,20H2,1-2H3. The topological polar surface area (TPSA) is 58.4 Å². The number of hydrogen-bond donors (Lipinski definition) is 2. The van der Waals surface area contributed by atoms with Gasteiger partial charge in [0, 0.05) is 11.6 Å². The monoisotopic (exact) mass is 317 g/mol. The third kappa shape index (κ3) is 2.55. The van der Waals surface area contributed by atoms with Gasteiger partial charge in [-0.25, -0.2) is 8.78 Å². The van der Waals surface area contributed by atoms with E-state index in [2.05, 4.69) is 5.32 Å². The van der Waals surface area contributed by atoms with Gasteiger partial charge in [0.15, 0.2) is 23.7 Å². The lowest BCUT2D eigenvalue weighted by Gasteiger charge is -2.27. The Kier molecular flexibility index (Phi) is 3.77. The molecule has 6 heteroatoms. The number of nitrogens with two attached hydrogens (primary N) is 1. The quantitative estimate of drug-likeness (QED) is 0.854. The molecule has 2 aromatic carbocycles. The van der Waals surface area contributed by atoms with E-state index in [0.717, 1.165) is 17.4 Å². The van der Waals surface area contributed by atoms with Crippen LogP contribution in [0.4, 0.5) is 20.2 Å². The molecular formula is C17H17F2N3O. The van der Waals surface area contributed by atoms with E-state index in [0.29, 0.717) is 0 Å². The van der Waals surface area contributed by atoms with Gasteiger partial charge >= 0.3 is 0 Å². The second-order valence-electron chi connectivity index (χ2n) is 5.75. The van der Waals surface area contributed by atoms with Crippen LogP contribution in [0.3, 0.4) is 0 Å². The number of anilines is 2. The number of benzene rings is 2. The van der Waals surface area contributed by atoms with Crippen LogP contribution in [0.5, 0.6) is 0 Å². The van der Waals surface area contributed by atoms with Crippen LogP contribution < -0.4 is 16.0 Å². The number of carbonyl (C=O) groups is 1. The highest BCUT2D eigenvalue weighted by Crippen LogP contribution is 2.36. The van der Waals surface area contributed by atoms with Crippen LogP contribution in [0.25, 0.3) is 0 Å². The van der Waals surface area contributed by atoms with Crippen molar-refractivity contribution >= 4 is 17.2 Å². The molecule has 0 fully saturated rings. The maximum absolute atomic E-state index is 13.8. The van der Waals surface area contributed by atoms with Crippen molar-refractivity contribution < 1.29 is 13.6 Å². The predicted molar refractivity (Wildman–Crippen MR) is 85.4 cm³/mol. The molecule has 23 heavy (non-hydrogen) atoms. The minimum atomic E-state index is -1.13. The number of rotatable bonds is 3. The summed E-state index contributed by atoms with van der Waals surface area (Å²) in [6.07, 6.45) is -0.388. The van der Waals surface area contributed by atoms with Gasteiger partial charge in [0.1, 0.15) is 0 Å². The lowest BCUT2D eigenvalue weighted by atomic mass is 10.0. The van der Waals surface area contributed by atoms with Gasteiger partial charge in [0.05, 0.1) is 16.9 Å². The number of halogens is 2. The average molecular weight is 317 g/mol. The van der Waals surface area contributed by atoms with E-state index < -0.39 is 17.4 Å². The fraction of sp³-hybridized carbons (Fsp3) is 0.235. The molecule has 3 N–H and O–H groups in total. The molecule has 1 unspecified atom stereocenters. The first-order valence-corrected chi connectivity index (χ1v) is 7.33. The minimum absolute atomic E-state index is 0.120. The van der Waals surface area contributed by atoms with Crippen molar-refractivity contribution in [1.29, 1.82) is 0 Å². The molecule has 0 aliphatic carbocycles. The molecule has 0 radical (unpaired) electrons. The van der Waals surface area contributed by atoms with Crippen molar-refractivity contribution in [2.45, 2.75) is 26.2 Å². The van der Waals surface area contributed by atoms with Gasteiger partial charge in [-0.15, -0.1) is 0 Å². The Labute approximate surface area is 132 Å². The van der Waals surface area contributed by atoms with E-state index in [-0.39, 0.29) is 23.5 Å². The van der Waals surface area contributed by atoms with Crippen molar-refractivity contribution in [3.8, 4) is 0 Å². The summed E-state index contributed by atoms with van der Waals surface area (Å²) in [5.74, 6) is -2.73. The molecule has 0 amide bonds. The van der Waals surface area contributed by atoms with E-state index in [9.17, 15) is 13.6 Å². The first kappa shape index (κ1) is 15.4. The molecule has 4 nitrogen and oxygen atoms in total. The summed E-state index contributed by atoms with van der Waals surface area (Å²) in [4.78, 5) is 14.4. The Morgan fingerprint density at radius 1 is 1.26 bits per heavy atom. The molecule has 1 atom stereocenters. The van der Waals surface area contributed by atoms with Crippen molar-refractivity contribution in [1.82, 2.24) is 0 Å².